The number of rotatable bonds is 8. The second-order valence-corrected chi connectivity index (χ2v) is 7.62. The Morgan fingerprint density at radius 2 is 2.00 bits per heavy atom. The molecule has 0 atom stereocenters. The van der Waals surface area contributed by atoms with Gasteiger partial charge in [-0.3, -0.25) is 4.79 Å². The Morgan fingerprint density at radius 1 is 1.31 bits per heavy atom. The van der Waals surface area contributed by atoms with Gasteiger partial charge in [-0.1, -0.05) is 24.2 Å². The third kappa shape index (κ3) is 4.23. The van der Waals surface area contributed by atoms with Gasteiger partial charge in [0.15, 0.2) is 5.76 Å². The molecule has 0 unspecified atom stereocenters. The SMILES string of the molecule is CCCN(CC(=O)Nc1ccccc1OC)S(=O)(=O)c1c(C)noc1C. The lowest BCUT2D eigenvalue weighted by Gasteiger charge is -2.21. The molecule has 0 aliphatic carbocycles. The highest BCUT2D eigenvalue weighted by atomic mass is 32.2. The van der Waals surface area contributed by atoms with E-state index in [1.54, 1.807) is 31.2 Å². The number of amides is 1. The van der Waals surface area contributed by atoms with Gasteiger partial charge in [0.1, 0.15) is 16.3 Å². The number of nitrogens with one attached hydrogen (secondary N) is 1. The van der Waals surface area contributed by atoms with Crippen LogP contribution in [0, 0.1) is 13.8 Å². The van der Waals surface area contributed by atoms with Crippen molar-refractivity contribution in [1.29, 1.82) is 0 Å². The molecule has 2 rings (SSSR count). The molecule has 1 heterocycles. The highest BCUT2D eigenvalue weighted by Gasteiger charge is 2.32. The van der Waals surface area contributed by atoms with E-state index < -0.39 is 15.9 Å². The van der Waals surface area contributed by atoms with Crippen LogP contribution in [0.2, 0.25) is 0 Å². The Kier molecular flexibility index (Phi) is 6.38. The third-order valence-corrected chi connectivity index (χ3v) is 5.83. The molecular weight excluding hydrogens is 358 g/mol. The zero-order chi connectivity index (χ0) is 19.3. The summed E-state index contributed by atoms with van der Waals surface area (Å²) < 4.78 is 37.2. The van der Waals surface area contributed by atoms with Gasteiger partial charge in [0, 0.05) is 6.54 Å². The lowest BCUT2D eigenvalue weighted by molar-refractivity contribution is -0.116. The van der Waals surface area contributed by atoms with E-state index in [0.29, 0.717) is 17.9 Å². The van der Waals surface area contributed by atoms with Crippen LogP contribution in [-0.2, 0) is 14.8 Å². The van der Waals surface area contributed by atoms with Crippen molar-refractivity contribution >= 4 is 21.6 Å². The molecule has 8 nitrogen and oxygen atoms in total. The summed E-state index contributed by atoms with van der Waals surface area (Å²) in [5.41, 5.74) is 0.750. The van der Waals surface area contributed by atoms with Crippen molar-refractivity contribution in [3.05, 3.63) is 35.7 Å². The van der Waals surface area contributed by atoms with Crippen LogP contribution < -0.4 is 10.1 Å². The van der Waals surface area contributed by atoms with E-state index >= 15 is 0 Å². The van der Waals surface area contributed by atoms with E-state index in [2.05, 4.69) is 10.5 Å². The number of hydrogen-bond acceptors (Lipinski definition) is 6. The first-order chi connectivity index (χ1) is 12.3. The minimum Gasteiger partial charge on any atom is -0.495 e. The first-order valence-corrected chi connectivity index (χ1v) is 9.61. The number of anilines is 1. The normalized spacial score (nSPS) is 11.6. The molecular formula is C17H23N3O5S. The lowest BCUT2D eigenvalue weighted by atomic mass is 10.3. The maximum atomic E-state index is 13.0. The molecule has 0 saturated carbocycles. The maximum Gasteiger partial charge on any atom is 0.248 e. The molecule has 1 N–H and O–H groups in total. The van der Waals surface area contributed by atoms with Crippen molar-refractivity contribution < 1.29 is 22.5 Å². The number of carbonyl (C=O) groups excluding carboxylic acids is 1. The molecule has 0 aliphatic heterocycles. The fourth-order valence-corrected chi connectivity index (χ4v) is 4.38. The number of benzene rings is 1. The van der Waals surface area contributed by atoms with Gasteiger partial charge in [0.25, 0.3) is 0 Å². The fraction of sp³-hybridized carbons (Fsp3) is 0.412. The van der Waals surface area contributed by atoms with E-state index in [1.807, 2.05) is 6.92 Å². The Balaban J connectivity index is 2.24. The smallest absolute Gasteiger partial charge is 0.248 e. The van der Waals surface area contributed by atoms with Crippen molar-refractivity contribution in [3.63, 3.8) is 0 Å². The summed E-state index contributed by atoms with van der Waals surface area (Å²) in [6.45, 7) is 4.81. The van der Waals surface area contributed by atoms with Crippen LogP contribution in [0.1, 0.15) is 24.8 Å². The Hall–Kier alpha value is -2.39. The third-order valence-electron chi connectivity index (χ3n) is 3.74. The minimum atomic E-state index is -3.90. The second kappa shape index (κ2) is 8.33. The van der Waals surface area contributed by atoms with Gasteiger partial charge in [-0.05, 0) is 32.4 Å². The summed E-state index contributed by atoms with van der Waals surface area (Å²) in [7, 11) is -2.40. The number of para-hydroxylation sites is 2. The number of carbonyl (C=O) groups is 1. The van der Waals surface area contributed by atoms with Crippen molar-refractivity contribution in [2.75, 3.05) is 25.5 Å². The standard InChI is InChI=1S/C17H23N3O5S/c1-5-10-20(26(22,23)17-12(2)19-25-13(17)3)11-16(21)18-14-8-6-7-9-15(14)24-4/h6-9H,5,10-11H2,1-4H3,(H,18,21). The first-order valence-electron chi connectivity index (χ1n) is 8.17. The van der Waals surface area contributed by atoms with Crippen molar-refractivity contribution in [2.45, 2.75) is 32.1 Å². The average molecular weight is 381 g/mol. The largest absolute Gasteiger partial charge is 0.495 e. The van der Waals surface area contributed by atoms with Gasteiger partial charge >= 0.3 is 0 Å². The number of aromatic nitrogens is 1. The summed E-state index contributed by atoms with van der Waals surface area (Å²) in [4.78, 5) is 12.5. The molecule has 1 aromatic carbocycles. The highest BCUT2D eigenvalue weighted by Crippen LogP contribution is 2.25. The van der Waals surface area contributed by atoms with Crippen molar-refractivity contribution in [2.24, 2.45) is 0 Å². The fourth-order valence-electron chi connectivity index (χ4n) is 2.60. The van der Waals surface area contributed by atoms with Crippen LogP contribution in [-0.4, -0.2) is 44.0 Å². The average Bonchev–Trinajstić information content (AvgIpc) is 2.94. The van der Waals surface area contributed by atoms with Crippen LogP contribution in [0.4, 0.5) is 5.69 Å². The zero-order valence-electron chi connectivity index (χ0n) is 15.3. The van der Waals surface area contributed by atoms with E-state index in [4.69, 9.17) is 9.26 Å². The van der Waals surface area contributed by atoms with Crippen LogP contribution in [0.15, 0.2) is 33.7 Å². The first kappa shape index (κ1) is 19.9. The zero-order valence-corrected chi connectivity index (χ0v) is 16.1. The summed E-state index contributed by atoms with van der Waals surface area (Å²) >= 11 is 0. The van der Waals surface area contributed by atoms with E-state index in [0.717, 1.165) is 4.31 Å². The van der Waals surface area contributed by atoms with Gasteiger partial charge in [-0.15, -0.1) is 0 Å². The molecule has 0 radical (unpaired) electrons. The number of hydrogen-bond donors (Lipinski definition) is 1. The van der Waals surface area contributed by atoms with E-state index in [-0.39, 0.29) is 29.4 Å². The van der Waals surface area contributed by atoms with Crippen LogP contribution in [0.5, 0.6) is 5.75 Å². The molecule has 0 bridgehead atoms. The summed E-state index contributed by atoms with van der Waals surface area (Å²) in [6.07, 6.45) is 0.560. The van der Waals surface area contributed by atoms with Crippen LogP contribution in [0.25, 0.3) is 0 Å². The topological polar surface area (TPSA) is 102 Å². The van der Waals surface area contributed by atoms with Gasteiger partial charge in [-0.2, -0.15) is 4.31 Å². The molecule has 1 amide bonds. The van der Waals surface area contributed by atoms with Gasteiger partial charge < -0.3 is 14.6 Å². The number of methoxy groups -OCH3 is 1. The Morgan fingerprint density at radius 3 is 2.58 bits per heavy atom. The molecule has 0 spiro atoms. The van der Waals surface area contributed by atoms with Crippen LogP contribution >= 0.6 is 0 Å². The molecule has 142 valence electrons. The second-order valence-electron chi connectivity index (χ2n) is 5.74. The molecule has 0 saturated heterocycles. The summed E-state index contributed by atoms with van der Waals surface area (Å²) in [5, 5.41) is 6.38. The van der Waals surface area contributed by atoms with Gasteiger partial charge in [0.2, 0.25) is 15.9 Å². The van der Waals surface area contributed by atoms with Crippen molar-refractivity contribution in [1.82, 2.24) is 9.46 Å². The predicted octanol–water partition coefficient (Wildman–Crippen LogP) is 2.34. The molecule has 0 aliphatic rings. The number of sulfonamides is 1. The lowest BCUT2D eigenvalue weighted by Crippen LogP contribution is -2.38. The molecule has 2 aromatic rings. The molecule has 26 heavy (non-hydrogen) atoms. The highest BCUT2D eigenvalue weighted by molar-refractivity contribution is 7.89. The number of aryl methyl sites for hydroxylation is 2. The molecule has 9 heteroatoms. The summed E-state index contributed by atoms with van der Waals surface area (Å²) in [5.74, 6) is 0.239. The van der Waals surface area contributed by atoms with Gasteiger partial charge in [0.05, 0.1) is 19.3 Å². The Labute approximate surface area is 153 Å². The monoisotopic (exact) mass is 381 g/mol. The van der Waals surface area contributed by atoms with E-state index in [1.165, 1.54) is 14.0 Å². The van der Waals surface area contributed by atoms with Crippen LogP contribution in [0.3, 0.4) is 0 Å². The van der Waals surface area contributed by atoms with E-state index in [9.17, 15) is 13.2 Å². The minimum absolute atomic E-state index is 0.0102. The summed E-state index contributed by atoms with van der Waals surface area (Å²) in [6, 6.07) is 6.92. The number of ether oxygens (including phenoxy) is 1. The van der Waals surface area contributed by atoms with Gasteiger partial charge in [-0.25, -0.2) is 8.42 Å². The number of nitrogens with zero attached hydrogens (tertiary/aromatic N) is 2. The molecule has 0 fully saturated rings. The predicted molar refractivity (Wildman–Crippen MR) is 96.7 cm³/mol. The Bertz CT molecular complexity index is 857. The van der Waals surface area contributed by atoms with Crippen molar-refractivity contribution in [3.8, 4) is 5.75 Å². The molecule has 1 aromatic heterocycles. The maximum absolute atomic E-state index is 13.0. The quantitative estimate of drug-likeness (QED) is 0.753.